The molecule has 1 aliphatic rings. The van der Waals surface area contributed by atoms with E-state index in [-0.39, 0.29) is 17.6 Å². The van der Waals surface area contributed by atoms with Crippen LogP contribution in [0.3, 0.4) is 0 Å². The largest absolute Gasteiger partial charge is 0.343 e. The average molecular weight is 330 g/mol. The third-order valence-corrected chi connectivity index (χ3v) is 4.45. The summed E-state index contributed by atoms with van der Waals surface area (Å²) < 4.78 is 0. The number of hydrogen-bond donors (Lipinski definition) is 0. The lowest BCUT2D eigenvalue weighted by Crippen LogP contribution is -2.36. The Balaban J connectivity index is 2.03. The standard InChI is InChI=1S/C19H26N2O3/c1-15(22)17-8-7-9-18(14-17)21(16(2)23)13-10-19(24)20-11-5-3-4-6-12-20/h7-9,14H,3-6,10-13H2,1-2H3. The van der Waals surface area contributed by atoms with Crippen LogP contribution in [0, 0.1) is 0 Å². The van der Waals surface area contributed by atoms with E-state index >= 15 is 0 Å². The number of carbonyl (C=O) groups is 3. The average Bonchev–Trinajstić information content (AvgIpc) is 2.84. The Morgan fingerprint density at radius 2 is 1.71 bits per heavy atom. The molecular formula is C19H26N2O3. The van der Waals surface area contributed by atoms with Crippen LogP contribution in [0.2, 0.25) is 0 Å². The van der Waals surface area contributed by atoms with Crippen molar-refractivity contribution in [2.24, 2.45) is 0 Å². The topological polar surface area (TPSA) is 57.7 Å². The number of hydrogen-bond acceptors (Lipinski definition) is 3. The van der Waals surface area contributed by atoms with E-state index < -0.39 is 0 Å². The number of carbonyl (C=O) groups excluding carboxylic acids is 3. The van der Waals surface area contributed by atoms with E-state index in [9.17, 15) is 14.4 Å². The number of Topliss-reactive ketones (excluding diaryl/α,β-unsaturated/α-hetero) is 1. The zero-order valence-corrected chi connectivity index (χ0v) is 14.6. The summed E-state index contributed by atoms with van der Waals surface area (Å²) in [6.07, 6.45) is 4.79. The fourth-order valence-corrected chi connectivity index (χ4v) is 3.05. The van der Waals surface area contributed by atoms with E-state index in [1.54, 1.807) is 29.2 Å². The van der Waals surface area contributed by atoms with Gasteiger partial charge in [0.25, 0.3) is 0 Å². The number of anilines is 1. The minimum Gasteiger partial charge on any atom is -0.343 e. The van der Waals surface area contributed by atoms with Crippen molar-refractivity contribution in [1.29, 1.82) is 0 Å². The van der Waals surface area contributed by atoms with Gasteiger partial charge >= 0.3 is 0 Å². The Morgan fingerprint density at radius 3 is 2.29 bits per heavy atom. The van der Waals surface area contributed by atoms with Gasteiger partial charge in [-0.1, -0.05) is 25.0 Å². The first-order valence-corrected chi connectivity index (χ1v) is 8.66. The fourth-order valence-electron chi connectivity index (χ4n) is 3.05. The molecule has 2 amide bonds. The lowest BCUT2D eigenvalue weighted by Gasteiger charge is -2.24. The highest BCUT2D eigenvalue weighted by Crippen LogP contribution is 2.18. The van der Waals surface area contributed by atoms with Crippen molar-refractivity contribution in [2.75, 3.05) is 24.5 Å². The molecule has 0 aromatic heterocycles. The van der Waals surface area contributed by atoms with Crippen molar-refractivity contribution < 1.29 is 14.4 Å². The summed E-state index contributed by atoms with van der Waals surface area (Å²) in [6.45, 7) is 4.96. The molecule has 1 aromatic carbocycles. The van der Waals surface area contributed by atoms with E-state index in [2.05, 4.69) is 0 Å². The van der Waals surface area contributed by atoms with Gasteiger partial charge in [0, 0.05) is 44.2 Å². The maximum atomic E-state index is 12.4. The van der Waals surface area contributed by atoms with Crippen LogP contribution in [0.4, 0.5) is 5.69 Å². The van der Waals surface area contributed by atoms with Crippen molar-refractivity contribution in [2.45, 2.75) is 46.0 Å². The fraction of sp³-hybridized carbons (Fsp3) is 0.526. The van der Waals surface area contributed by atoms with Gasteiger partial charge in [0.2, 0.25) is 11.8 Å². The van der Waals surface area contributed by atoms with Gasteiger partial charge in [-0.25, -0.2) is 0 Å². The van der Waals surface area contributed by atoms with Crippen molar-refractivity contribution in [3.8, 4) is 0 Å². The van der Waals surface area contributed by atoms with Crippen LogP contribution < -0.4 is 4.90 Å². The van der Waals surface area contributed by atoms with E-state index in [0.717, 1.165) is 25.9 Å². The number of nitrogens with zero attached hydrogens (tertiary/aromatic N) is 2. The van der Waals surface area contributed by atoms with Gasteiger partial charge in [-0.05, 0) is 31.9 Å². The van der Waals surface area contributed by atoms with Crippen LogP contribution >= 0.6 is 0 Å². The Hall–Kier alpha value is -2.17. The Bertz CT molecular complexity index is 604. The molecule has 24 heavy (non-hydrogen) atoms. The van der Waals surface area contributed by atoms with Gasteiger partial charge in [0.05, 0.1) is 0 Å². The second-order valence-electron chi connectivity index (χ2n) is 6.32. The highest BCUT2D eigenvalue weighted by atomic mass is 16.2. The molecule has 0 unspecified atom stereocenters. The molecule has 5 heteroatoms. The molecule has 0 saturated carbocycles. The number of amides is 2. The van der Waals surface area contributed by atoms with Crippen LogP contribution in [-0.2, 0) is 9.59 Å². The number of likely N-dealkylation sites (tertiary alicyclic amines) is 1. The van der Waals surface area contributed by atoms with E-state index in [4.69, 9.17) is 0 Å². The Morgan fingerprint density at radius 1 is 1.04 bits per heavy atom. The normalized spacial score (nSPS) is 14.8. The summed E-state index contributed by atoms with van der Waals surface area (Å²) in [5.74, 6) is -0.0637. The quantitative estimate of drug-likeness (QED) is 0.780. The Kier molecular flexibility index (Phi) is 6.53. The van der Waals surface area contributed by atoms with E-state index in [0.29, 0.717) is 24.2 Å². The SMILES string of the molecule is CC(=O)c1cccc(N(CCC(=O)N2CCCCCC2)C(C)=O)c1. The zero-order chi connectivity index (χ0) is 17.5. The van der Waals surface area contributed by atoms with Crippen molar-refractivity contribution in [3.05, 3.63) is 29.8 Å². The molecular weight excluding hydrogens is 304 g/mol. The first-order chi connectivity index (χ1) is 11.5. The van der Waals surface area contributed by atoms with E-state index in [1.165, 1.54) is 26.7 Å². The van der Waals surface area contributed by atoms with Crippen molar-refractivity contribution in [3.63, 3.8) is 0 Å². The predicted molar refractivity (Wildman–Crippen MR) is 94.1 cm³/mol. The lowest BCUT2D eigenvalue weighted by molar-refractivity contribution is -0.131. The third-order valence-electron chi connectivity index (χ3n) is 4.45. The van der Waals surface area contributed by atoms with Crippen LogP contribution in [0.15, 0.2) is 24.3 Å². The molecule has 1 saturated heterocycles. The second-order valence-corrected chi connectivity index (χ2v) is 6.32. The minimum atomic E-state index is -0.126. The lowest BCUT2D eigenvalue weighted by atomic mass is 10.1. The molecule has 1 aliphatic heterocycles. The molecule has 0 radical (unpaired) electrons. The maximum absolute atomic E-state index is 12.4. The first-order valence-electron chi connectivity index (χ1n) is 8.66. The first kappa shape index (κ1) is 18.2. The summed E-state index contributed by atoms with van der Waals surface area (Å²) >= 11 is 0. The maximum Gasteiger partial charge on any atom is 0.224 e. The minimum absolute atomic E-state index is 0.0407. The Labute approximate surface area is 143 Å². The molecule has 1 fully saturated rings. The second kappa shape index (κ2) is 8.62. The molecule has 0 aliphatic carbocycles. The number of ketones is 1. The molecule has 0 atom stereocenters. The van der Waals surface area contributed by atoms with Crippen molar-refractivity contribution in [1.82, 2.24) is 4.90 Å². The highest BCUT2D eigenvalue weighted by Gasteiger charge is 2.19. The van der Waals surface area contributed by atoms with Crippen LogP contribution in [0.1, 0.15) is 56.3 Å². The van der Waals surface area contributed by atoms with Crippen molar-refractivity contribution >= 4 is 23.3 Å². The van der Waals surface area contributed by atoms with Crippen LogP contribution in [0.25, 0.3) is 0 Å². The molecule has 2 rings (SSSR count). The molecule has 0 N–H and O–H groups in total. The third kappa shape index (κ3) is 4.91. The van der Waals surface area contributed by atoms with Crippen LogP contribution in [0.5, 0.6) is 0 Å². The number of benzene rings is 1. The summed E-state index contributed by atoms with van der Waals surface area (Å²) in [5.41, 5.74) is 1.23. The van der Waals surface area contributed by atoms with Gasteiger partial charge in [-0.3, -0.25) is 14.4 Å². The van der Waals surface area contributed by atoms with E-state index in [1.807, 2.05) is 4.90 Å². The molecule has 0 bridgehead atoms. The zero-order valence-electron chi connectivity index (χ0n) is 14.6. The van der Waals surface area contributed by atoms with Gasteiger partial charge in [0.1, 0.15) is 0 Å². The van der Waals surface area contributed by atoms with Gasteiger partial charge < -0.3 is 9.80 Å². The highest BCUT2D eigenvalue weighted by molar-refractivity contribution is 5.97. The summed E-state index contributed by atoms with van der Waals surface area (Å²) in [4.78, 5) is 39.4. The molecule has 0 spiro atoms. The molecule has 1 heterocycles. The van der Waals surface area contributed by atoms with Gasteiger partial charge in [-0.15, -0.1) is 0 Å². The number of rotatable bonds is 5. The van der Waals surface area contributed by atoms with Gasteiger partial charge in [-0.2, -0.15) is 0 Å². The monoisotopic (exact) mass is 330 g/mol. The summed E-state index contributed by atoms with van der Waals surface area (Å²) in [5, 5.41) is 0. The van der Waals surface area contributed by atoms with Gasteiger partial charge in [0.15, 0.2) is 5.78 Å². The van der Waals surface area contributed by atoms with Crippen LogP contribution in [-0.4, -0.2) is 42.1 Å². The summed E-state index contributed by atoms with van der Waals surface area (Å²) in [6, 6.07) is 7.00. The molecule has 1 aromatic rings. The smallest absolute Gasteiger partial charge is 0.224 e. The molecule has 130 valence electrons. The molecule has 5 nitrogen and oxygen atoms in total. The summed E-state index contributed by atoms with van der Waals surface area (Å²) in [7, 11) is 0. The predicted octanol–water partition coefficient (Wildman–Crippen LogP) is 3.03.